The summed E-state index contributed by atoms with van der Waals surface area (Å²) in [5.41, 5.74) is 1.72. The van der Waals surface area contributed by atoms with Gasteiger partial charge in [0.2, 0.25) is 0 Å². The van der Waals surface area contributed by atoms with E-state index in [1.54, 1.807) is 19.2 Å². The van der Waals surface area contributed by atoms with Crippen molar-refractivity contribution in [1.29, 1.82) is 0 Å². The van der Waals surface area contributed by atoms with E-state index in [2.05, 4.69) is 9.97 Å². The van der Waals surface area contributed by atoms with Crippen molar-refractivity contribution >= 4 is 23.8 Å². The summed E-state index contributed by atoms with van der Waals surface area (Å²) in [5, 5.41) is 0.648. The fraction of sp³-hybridized carbons (Fsp3) is 0.167. The number of hydrogen-bond acceptors (Lipinski definition) is 3. The average Bonchev–Trinajstić information content (AvgIpc) is 2.27. The Kier molecular flexibility index (Phi) is 3.45. The Bertz CT molecular complexity index is 610. The third kappa shape index (κ3) is 2.65. The standard InChI is InChI=1S/C12H11ClN2OS/c1-7-14-10(6-12(17)15-7)9-5-8(13)3-4-11(9)16-2/h3-6H,1-2H3,(H,14,15,17). The number of ether oxygens (including phenoxy) is 1. The smallest absolute Gasteiger partial charge is 0.130 e. The van der Waals surface area contributed by atoms with Crippen LogP contribution in [0.1, 0.15) is 5.82 Å². The number of nitrogens with one attached hydrogen (secondary N) is 1. The number of rotatable bonds is 2. The van der Waals surface area contributed by atoms with Crippen molar-refractivity contribution in [3.05, 3.63) is 39.8 Å². The molecule has 1 heterocycles. The molecule has 0 amide bonds. The monoisotopic (exact) mass is 266 g/mol. The van der Waals surface area contributed by atoms with Crippen LogP contribution < -0.4 is 4.74 Å². The molecule has 0 aliphatic carbocycles. The van der Waals surface area contributed by atoms with Gasteiger partial charge in [0.15, 0.2) is 0 Å². The minimum absolute atomic E-state index is 0.540. The Hall–Kier alpha value is -1.39. The first-order valence-electron chi connectivity index (χ1n) is 5.02. The highest BCUT2D eigenvalue weighted by Crippen LogP contribution is 2.31. The van der Waals surface area contributed by atoms with Gasteiger partial charge in [-0.05, 0) is 31.2 Å². The fourth-order valence-electron chi connectivity index (χ4n) is 1.62. The lowest BCUT2D eigenvalue weighted by molar-refractivity contribution is 0.416. The van der Waals surface area contributed by atoms with Crippen LogP contribution in [0.4, 0.5) is 0 Å². The normalized spacial score (nSPS) is 10.3. The number of aryl methyl sites for hydroxylation is 1. The van der Waals surface area contributed by atoms with E-state index in [1.807, 2.05) is 19.1 Å². The summed E-state index contributed by atoms with van der Waals surface area (Å²) < 4.78 is 5.84. The summed E-state index contributed by atoms with van der Waals surface area (Å²) in [7, 11) is 1.62. The van der Waals surface area contributed by atoms with Gasteiger partial charge in [0.25, 0.3) is 0 Å². The summed E-state index contributed by atoms with van der Waals surface area (Å²) in [4.78, 5) is 7.27. The molecule has 0 unspecified atom stereocenters. The molecule has 0 saturated carbocycles. The fourth-order valence-corrected chi connectivity index (χ4v) is 2.04. The number of nitrogens with zero attached hydrogens (tertiary/aromatic N) is 1. The molecule has 0 bridgehead atoms. The Morgan fingerprint density at radius 2 is 2.12 bits per heavy atom. The van der Waals surface area contributed by atoms with Gasteiger partial charge in [-0.25, -0.2) is 4.98 Å². The van der Waals surface area contributed by atoms with Crippen LogP contribution in [0.25, 0.3) is 11.3 Å². The van der Waals surface area contributed by atoms with Crippen LogP contribution in [0, 0.1) is 11.6 Å². The lowest BCUT2D eigenvalue weighted by Gasteiger charge is -2.09. The first kappa shape index (κ1) is 12.1. The molecule has 1 N–H and O–H groups in total. The molecule has 0 radical (unpaired) electrons. The molecule has 0 aliphatic rings. The largest absolute Gasteiger partial charge is 0.496 e. The van der Waals surface area contributed by atoms with E-state index < -0.39 is 0 Å². The summed E-state index contributed by atoms with van der Waals surface area (Å²) in [6.07, 6.45) is 0. The van der Waals surface area contributed by atoms with Crippen LogP contribution in [0.5, 0.6) is 5.75 Å². The van der Waals surface area contributed by atoms with Crippen LogP contribution in [0.2, 0.25) is 5.02 Å². The maximum atomic E-state index is 5.99. The molecule has 0 aliphatic heterocycles. The minimum atomic E-state index is 0.540. The summed E-state index contributed by atoms with van der Waals surface area (Å²) in [6, 6.07) is 7.23. The number of halogens is 1. The van der Waals surface area contributed by atoms with E-state index in [-0.39, 0.29) is 0 Å². The SMILES string of the molecule is COc1ccc(Cl)cc1-c1cc(=S)nc(C)[nH]1. The molecule has 5 heteroatoms. The zero-order chi connectivity index (χ0) is 12.4. The predicted molar refractivity (Wildman–Crippen MR) is 71.2 cm³/mol. The van der Waals surface area contributed by atoms with Gasteiger partial charge in [0.05, 0.1) is 12.8 Å². The highest BCUT2D eigenvalue weighted by molar-refractivity contribution is 7.71. The number of methoxy groups -OCH3 is 1. The quantitative estimate of drug-likeness (QED) is 0.841. The number of aromatic nitrogens is 2. The van der Waals surface area contributed by atoms with Crippen molar-refractivity contribution in [2.45, 2.75) is 6.92 Å². The maximum absolute atomic E-state index is 5.99. The van der Waals surface area contributed by atoms with Gasteiger partial charge in [-0.1, -0.05) is 23.8 Å². The molecular formula is C12H11ClN2OS. The zero-order valence-electron chi connectivity index (χ0n) is 9.45. The Morgan fingerprint density at radius 1 is 1.35 bits per heavy atom. The van der Waals surface area contributed by atoms with Gasteiger partial charge >= 0.3 is 0 Å². The van der Waals surface area contributed by atoms with Gasteiger partial charge in [-0.3, -0.25) is 0 Å². The van der Waals surface area contributed by atoms with E-state index in [9.17, 15) is 0 Å². The maximum Gasteiger partial charge on any atom is 0.130 e. The van der Waals surface area contributed by atoms with E-state index >= 15 is 0 Å². The molecule has 0 atom stereocenters. The van der Waals surface area contributed by atoms with Gasteiger partial charge < -0.3 is 9.72 Å². The molecule has 3 nitrogen and oxygen atoms in total. The number of hydrogen-bond donors (Lipinski definition) is 1. The molecule has 0 spiro atoms. The Morgan fingerprint density at radius 3 is 2.76 bits per heavy atom. The third-order valence-electron chi connectivity index (χ3n) is 2.31. The van der Waals surface area contributed by atoms with Crippen LogP contribution >= 0.6 is 23.8 Å². The number of H-pyrrole nitrogens is 1. The van der Waals surface area contributed by atoms with Crippen molar-refractivity contribution in [2.75, 3.05) is 7.11 Å². The van der Waals surface area contributed by atoms with Gasteiger partial charge in [-0.15, -0.1) is 0 Å². The van der Waals surface area contributed by atoms with Gasteiger partial charge in [0.1, 0.15) is 16.2 Å². The van der Waals surface area contributed by atoms with Crippen LogP contribution in [0.3, 0.4) is 0 Å². The molecule has 17 heavy (non-hydrogen) atoms. The Balaban J connectivity index is 2.66. The second-order valence-corrected chi connectivity index (χ2v) is 4.42. The van der Waals surface area contributed by atoms with E-state index in [1.165, 1.54) is 0 Å². The van der Waals surface area contributed by atoms with E-state index in [0.29, 0.717) is 9.66 Å². The van der Waals surface area contributed by atoms with Gasteiger partial charge in [0, 0.05) is 10.6 Å². The van der Waals surface area contributed by atoms with Crippen molar-refractivity contribution in [3.63, 3.8) is 0 Å². The van der Waals surface area contributed by atoms with E-state index in [4.69, 9.17) is 28.6 Å². The molecule has 1 aromatic carbocycles. The molecular weight excluding hydrogens is 256 g/mol. The summed E-state index contributed by atoms with van der Waals surface area (Å²) in [6.45, 7) is 1.86. The zero-order valence-corrected chi connectivity index (χ0v) is 11.0. The van der Waals surface area contributed by atoms with Gasteiger partial charge in [-0.2, -0.15) is 0 Å². The van der Waals surface area contributed by atoms with Crippen LogP contribution in [-0.4, -0.2) is 17.1 Å². The topological polar surface area (TPSA) is 37.9 Å². The first-order valence-corrected chi connectivity index (χ1v) is 5.80. The van der Waals surface area contributed by atoms with E-state index in [0.717, 1.165) is 22.8 Å². The van der Waals surface area contributed by atoms with Crippen LogP contribution in [-0.2, 0) is 0 Å². The van der Waals surface area contributed by atoms with Crippen LogP contribution in [0.15, 0.2) is 24.3 Å². The van der Waals surface area contributed by atoms with Crippen molar-refractivity contribution < 1.29 is 4.74 Å². The lowest BCUT2D eigenvalue weighted by atomic mass is 10.1. The van der Waals surface area contributed by atoms with Crippen molar-refractivity contribution in [2.24, 2.45) is 0 Å². The van der Waals surface area contributed by atoms with Crippen molar-refractivity contribution in [1.82, 2.24) is 9.97 Å². The summed E-state index contributed by atoms with van der Waals surface area (Å²) >= 11 is 11.1. The molecule has 2 aromatic rings. The number of aromatic amines is 1. The highest BCUT2D eigenvalue weighted by atomic mass is 35.5. The molecule has 88 valence electrons. The highest BCUT2D eigenvalue weighted by Gasteiger charge is 2.07. The minimum Gasteiger partial charge on any atom is -0.496 e. The molecule has 0 saturated heterocycles. The average molecular weight is 267 g/mol. The number of benzene rings is 1. The first-order chi connectivity index (χ1) is 8.10. The molecule has 2 rings (SSSR count). The molecule has 1 aromatic heterocycles. The van der Waals surface area contributed by atoms with Crippen molar-refractivity contribution in [3.8, 4) is 17.0 Å². The predicted octanol–water partition coefficient (Wildman–Crippen LogP) is 3.78. The summed E-state index contributed by atoms with van der Waals surface area (Å²) in [5.74, 6) is 1.50. The Labute approximate surface area is 109 Å². The second-order valence-electron chi connectivity index (χ2n) is 3.56. The lowest BCUT2D eigenvalue weighted by Crippen LogP contribution is -1.94. The third-order valence-corrected chi connectivity index (χ3v) is 2.76. The second kappa shape index (κ2) is 4.85. The molecule has 0 fully saturated rings.